The highest BCUT2D eigenvalue weighted by molar-refractivity contribution is 6.13. The van der Waals surface area contributed by atoms with Gasteiger partial charge in [-0.1, -0.05) is 68.1 Å². The second kappa shape index (κ2) is 9.51. The maximum Gasteiger partial charge on any atom is 0.0916 e. The molecule has 2 rings (SSSR count). The number of nitrogens with one attached hydrogen (secondary N) is 1. The predicted octanol–water partition coefficient (Wildman–Crippen LogP) is 5.58. The first-order valence-corrected chi connectivity index (χ1v) is 8.84. The SMILES string of the molecule is C=C(OCC)[C@H](C)C[C@@H](Cc1ccc(-c2ccccc2)cc1)NCl. The van der Waals surface area contributed by atoms with Gasteiger partial charge in [0.2, 0.25) is 0 Å². The summed E-state index contributed by atoms with van der Waals surface area (Å²) in [7, 11) is 0. The minimum Gasteiger partial charge on any atom is -0.499 e. The number of hydrogen-bond donors (Lipinski definition) is 1. The molecule has 0 aliphatic rings. The fourth-order valence-electron chi connectivity index (χ4n) is 2.80. The Hall–Kier alpha value is -1.77. The van der Waals surface area contributed by atoms with Gasteiger partial charge in [0.1, 0.15) is 0 Å². The van der Waals surface area contributed by atoms with Gasteiger partial charge < -0.3 is 4.74 Å². The molecule has 0 fully saturated rings. The molecule has 3 heteroatoms. The molecule has 2 aromatic rings. The van der Waals surface area contributed by atoms with E-state index < -0.39 is 0 Å². The van der Waals surface area contributed by atoms with Crippen LogP contribution in [0.5, 0.6) is 0 Å². The summed E-state index contributed by atoms with van der Waals surface area (Å²) >= 11 is 5.95. The van der Waals surface area contributed by atoms with Crippen molar-refractivity contribution >= 4 is 11.8 Å². The molecule has 24 heavy (non-hydrogen) atoms. The summed E-state index contributed by atoms with van der Waals surface area (Å²) in [4.78, 5) is 2.90. The van der Waals surface area contributed by atoms with Crippen molar-refractivity contribution in [3.8, 4) is 11.1 Å². The van der Waals surface area contributed by atoms with Crippen LogP contribution in [0.2, 0.25) is 0 Å². The normalized spacial score (nSPS) is 13.3. The number of benzene rings is 2. The first kappa shape index (κ1) is 18.6. The van der Waals surface area contributed by atoms with E-state index in [4.69, 9.17) is 16.5 Å². The molecule has 0 amide bonds. The number of hydrogen-bond acceptors (Lipinski definition) is 2. The lowest BCUT2D eigenvalue weighted by molar-refractivity contribution is 0.190. The van der Waals surface area contributed by atoms with Crippen molar-refractivity contribution in [1.29, 1.82) is 0 Å². The van der Waals surface area contributed by atoms with Crippen LogP contribution >= 0.6 is 11.8 Å². The first-order valence-electron chi connectivity index (χ1n) is 8.46. The third-order valence-corrected chi connectivity index (χ3v) is 4.52. The van der Waals surface area contributed by atoms with E-state index in [9.17, 15) is 0 Å². The van der Waals surface area contributed by atoms with Crippen LogP contribution < -0.4 is 4.84 Å². The largest absolute Gasteiger partial charge is 0.499 e. The fourth-order valence-corrected chi connectivity index (χ4v) is 2.97. The third-order valence-electron chi connectivity index (χ3n) is 4.21. The molecule has 0 radical (unpaired) electrons. The molecule has 0 heterocycles. The standard InChI is InChI=1S/C21H26ClNO/c1-4-24-17(3)16(2)14-21(23-22)15-18-10-12-20(13-11-18)19-8-6-5-7-9-19/h5-13,16,21,23H,3-4,14-15H2,1-2H3/t16-,21+/m1/s1. The molecule has 0 aliphatic heterocycles. The Morgan fingerprint density at radius 1 is 1.08 bits per heavy atom. The zero-order chi connectivity index (χ0) is 17.4. The Bertz CT molecular complexity index is 624. The van der Waals surface area contributed by atoms with Crippen LogP contribution in [0.25, 0.3) is 11.1 Å². The van der Waals surface area contributed by atoms with Gasteiger partial charge in [0.25, 0.3) is 0 Å². The van der Waals surface area contributed by atoms with Crippen molar-refractivity contribution in [3.63, 3.8) is 0 Å². The molecule has 0 saturated carbocycles. The van der Waals surface area contributed by atoms with Gasteiger partial charge in [-0.05, 0) is 48.2 Å². The molecule has 2 atom stereocenters. The molecular formula is C21H26ClNO. The van der Waals surface area contributed by atoms with Gasteiger partial charge in [-0.2, -0.15) is 0 Å². The molecule has 2 nitrogen and oxygen atoms in total. The molecule has 0 aliphatic carbocycles. The van der Waals surface area contributed by atoms with Crippen LogP contribution in [0.4, 0.5) is 0 Å². The molecule has 1 N–H and O–H groups in total. The van der Waals surface area contributed by atoms with Gasteiger partial charge in [-0.15, -0.1) is 0 Å². The topological polar surface area (TPSA) is 21.3 Å². The first-order chi connectivity index (χ1) is 11.6. The molecule has 0 unspecified atom stereocenters. The van der Waals surface area contributed by atoms with Crippen molar-refractivity contribution < 1.29 is 4.74 Å². The maximum absolute atomic E-state index is 5.95. The van der Waals surface area contributed by atoms with E-state index in [-0.39, 0.29) is 12.0 Å². The summed E-state index contributed by atoms with van der Waals surface area (Å²) in [5.41, 5.74) is 3.73. The third kappa shape index (κ3) is 5.40. The van der Waals surface area contributed by atoms with Crippen molar-refractivity contribution in [3.05, 3.63) is 72.5 Å². The summed E-state index contributed by atoms with van der Waals surface area (Å²) < 4.78 is 5.50. The zero-order valence-electron chi connectivity index (χ0n) is 14.5. The Balaban J connectivity index is 1.97. The second-order valence-electron chi connectivity index (χ2n) is 6.11. The van der Waals surface area contributed by atoms with Crippen molar-refractivity contribution in [2.45, 2.75) is 32.7 Å². The van der Waals surface area contributed by atoms with Gasteiger partial charge in [0.05, 0.1) is 12.4 Å². The average Bonchev–Trinajstić information content (AvgIpc) is 2.62. The highest BCUT2D eigenvalue weighted by atomic mass is 35.5. The molecule has 0 aromatic heterocycles. The van der Waals surface area contributed by atoms with Crippen LogP contribution in [0.3, 0.4) is 0 Å². The molecule has 0 bridgehead atoms. The molecule has 128 valence electrons. The summed E-state index contributed by atoms with van der Waals surface area (Å²) in [6, 6.07) is 19.3. The Morgan fingerprint density at radius 3 is 2.29 bits per heavy atom. The van der Waals surface area contributed by atoms with Gasteiger partial charge in [-0.3, -0.25) is 0 Å². The fraction of sp³-hybridized carbons (Fsp3) is 0.333. The lowest BCUT2D eigenvalue weighted by Crippen LogP contribution is -2.26. The number of allylic oxidation sites excluding steroid dienone is 1. The van der Waals surface area contributed by atoms with E-state index in [2.05, 4.69) is 66.9 Å². The van der Waals surface area contributed by atoms with E-state index >= 15 is 0 Å². The number of ether oxygens (including phenoxy) is 1. The van der Waals surface area contributed by atoms with Crippen LogP contribution in [-0.2, 0) is 11.2 Å². The second-order valence-corrected chi connectivity index (χ2v) is 6.33. The van der Waals surface area contributed by atoms with E-state index in [0.717, 1.165) is 18.6 Å². The summed E-state index contributed by atoms with van der Waals surface area (Å²) in [6.45, 7) is 8.75. The number of halogens is 1. The van der Waals surface area contributed by atoms with Crippen LogP contribution in [0.15, 0.2) is 66.9 Å². The predicted molar refractivity (Wildman–Crippen MR) is 103 cm³/mol. The van der Waals surface area contributed by atoms with E-state index in [1.54, 1.807) is 0 Å². The van der Waals surface area contributed by atoms with Crippen molar-refractivity contribution in [1.82, 2.24) is 4.84 Å². The zero-order valence-corrected chi connectivity index (χ0v) is 15.2. The molecule has 0 saturated heterocycles. The smallest absolute Gasteiger partial charge is 0.0916 e. The van der Waals surface area contributed by atoms with E-state index in [0.29, 0.717) is 6.61 Å². The summed E-state index contributed by atoms with van der Waals surface area (Å²) in [5, 5.41) is 0. The highest BCUT2D eigenvalue weighted by Gasteiger charge is 2.16. The number of rotatable bonds is 9. The Morgan fingerprint density at radius 2 is 1.71 bits per heavy atom. The van der Waals surface area contributed by atoms with E-state index in [1.807, 2.05) is 13.0 Å². The lowest BCUT2D eigenvalue weighted by Gasteiger charge is -2.21. The van der Waals surface area contributed by atoms with Gasteiger partial charge >= 0.3 is 0 Å². The molecule has 2 aromatic carbocycles. The van der Waals surface area contributed by atoms with Gasteiger partial charge in [-0.25, -0.2) is 4.84 Å². The minimum atomic E-state index is 0.182. The van der Waals surface area contributed by atoms with Gasteiger partial charge in [0.15, 0.2) is 0 Å². The van der Waals surface area contributed by atoms with E-state index in [1.165, 1.54) is 16.7 Å². The van der Waals surface area contributed by atoms with Crippen LogP contribution in [0, 0.1) is 5.92 Å². The van der Waals surface area contributed by atoms with Crippen LogP contribution in [0.1, 0.15) is 25.8 Å². The Kier molecular flexibility index (Phi) is 7.36. The van der Waals surface area contributed by atoms with Gasteiger partial charge in [0, 0.05) is 12.0 Å². The summed E-state index contributed by atoms with van der Waals surface area (Å²) in [6.07, 6.45) is 1.77. The maximum atomic E-state index is 5.95. The molecular weight excluding hydrogens is 318 g/mol. The minimum absolute atomic E-state index is 0.182. The average molecular weight is 344 g/mol. The molecule has 0 spiro atoms. The van der Waals surface area contributed by atoms with Crippen molar-refractivity contribution in [2.24, 2.45) is 5.92 Å². The highest BCUT2D eigenvalue weighted by Crippen LogP contribution is 2.22. The monoisotopic (exact) mass is 343 g/mol. The summed E-state index contributed by atoms with van der Waals surface area (Å²) in [5.74, 6) is 1.10. The van der Waals surface area contributed by atoms with Crippen molar-refractivity contribution in [2.75, 3.05) is 6.61 Å². The quantitative estimate of drug-likeness (QED) is 0.473. The lowest BCUT2D eigenvalue weighted by atomic mass is 9.95. The Labute approximate surface area is 150 Å². The van der Waals surface area contributed by atoms with Crippen LogP contribution in [-0.4, -0.2) is 12.6 Å².